The number of nitrogens with one attached hydrogen (secondary N) is 2. The summed E-state index contributed by atoms with van der Waals surface area (Å²) in [5.74, 6) is 1.71. The number of piperidine rings is 2. The number of methoxy groups -OCH3 is 1. The third-order valence-corrected chi connectivity index (χ3v) is 5.27. The van der Waals surface area contributed by atoms with Crippen LogP contribution < -0.4 is 10.6 Å². The molecule has 6 nitrogen and oxygen atoms in total. The second-order valence-electron chi connectivity index (χ2n) is 7.06. The number of halogens is 1. The minimum Gasteiger partial charge on any atom is -0.383 e. The summed E-state index contributed by atoms with van der Waals surface area (Å²) in [7, 11) is 3.64. The number of likely N-dealkylation sites (tertiary alicyclic amines) is 2. The fraction of sp³-hybridized carbons (Fsp3) is 0.944. The second kappa shape index (κ2) is 14.0. The molecule has 25 heavy (non-hydrogen) atoms. The molecule has 0 aliphatic carbocycles. The summed E-state index contributed by atoms with van der Waals surface area (Å²) < 4.78 is 5.16. The molecule has 7 heteroatoms. The van der Waals surface area contributed by atoms with E-state index in [1.165, 1.54) is 58.3 Å². The first kappa shape index (κ1) is 22.9. The fourth-order valence-corrected chi connectivity index (χ4v) is 3.61. The number of guanidine groups is 1. The Morgan fingerprint density at radius 3 is 2.32 bits per heavy atom. The Bertz CT molecular complexity index is 355. The highest BCUT2D eigenvalue weighted by atomic mass is 127. The summed E-state index contributed by atoms with van der Waals surface area (Å²) in [6, 6.07) is 0. The van der Waals surface area contributed by atoms with E-state index in [1.54, 1.807) is 7.11 Å². The minimum atomic E-state index is 0. The van der Waals surface area contributed by atoms with E-state index in [0.717, 1.165) is 44.7 Å². The molecule has 0 unspecified atom stereocenters. The lowest BCUT2D eigenvalue weighted by Gasteiger charge is -2.32. The van der Waals surface area contributed by atoms with Gasteiger partial charge >= 0.3 is 0 Å². The Hall–Kier alpha value is -0.120. The third-order valence-electron chi connectivity index (χ3n) is 5.27. The molecule has 2 N–H and O–H groups in total. The largest absolute Gasteiger partial charge is 0.383 e. The number of rotatable bonds is 8. The first-order chi connectivity index (χ1) is 11.8. The van der Waals surface area contributed by atoms with Crippen molar-refractivity contribution in [3.05, 3.63) is 0 Å². The van der Waals surface area contributed by atoms with Gasteiger partial charge in [-0.3, -0.25) is 4.99 Å². The van der Waals surface area contributed by atoms with E-state index >= 15 is 0 Å². The predicted octanol–water partition coefficient (Wildman–Crippen LogP) is 1.61. The van der Waals surface area contributed by atoms with Crippen molar-refractivity contribution in [2.24, 2.45) is 10.9 Å². The number of aliphatic imine (C=N–C) groups is 1. The second-order valence-corrected chi connectivity index (χ2v) is 7.06. The van der Waals surface area contributed by atoms with Crippen LogP contribution >= 0.6 is 24.0 Å². The molecule has 0 atom stereocenters. The molecule has 2 rings (SSSR count). The molecule has 2 aliphatic rings. The number of hydrogen-bond acceptors (Lipinski definition) is 4. The average Bonchev–Trinajstić information content (AvgIpc) is 2.64. The van der Waals surface area contributed by atoms with Crippen LogP contribution in [0.2, 0.25) is 0 Å². The van der Waals surface area contributed by atoms with Gasteiger partial charge in [-0.15, -0.1) is 24.0 Å². The van der Waals surface area contributed by atoms with Crippen molar-refractivity contribution in [3.63, 3.8) is 0 Å². The molecule has 0 aromatic rings. The van der Waals surface area contributed by atoms with Crippen molar-refractivity contribution in [2.45, 2.75) is 32.1 Å². The van der Waals surface area contributed by atoms with E-state index in [4.69, 9.17) is 4.74 Å². The van der Waals surface area contributed by atoms with Crippen molar-refractivity contribution >= 4 is 29.9 Å². The zero-order chi connectivity index (χ0) is 17.0. The normalized spacial score (nSPS) is 21.0. The molecule has 0 aromatic carbocycles. The Balaban J connectivity index is 0.00000312. The van der Waals surface area contributed by atoms with E-state index in [1.807, 2.05) is 7.05 Å². The van der Waals surface area contributed by atoms with Gasteiger partial charge in [-0.05, 0) is 57.8 Å². The molecule has 0 bridgehead atoms. The summed E-state index contributed by atoms with van der Waals surface area (Å²) in [6.45, 7) is 9.94. The van der Waals surface area contributed by atoms with E-state index < -0.39 is 0 Å². The first-order valence-corrected chi connectivity index (χ1v) is 9.70. The summed E-state index contributed by atoms with van der Waals surface area (Å²) in [6.07, 6.45) is 6.65. The highest BCUT2D eigenvalue weighted by molar-refractivity contribution is 14.0. The van der Waals surface area contributed by atoms with Crippen LogP contribution in [-0.4, -0.2) is 88.9 Å². The van der Waals surface area contributed by atoms with Gasteiger partial charge in [0.15, 0.2) is 5.96 Å². The van der Waals surface area contributed by atoms with Crippen molar-refractivity contribution in [3.8, 4) is 0 Å². The van der Waals surface area contributed by atoms with Crippen LogP contribution in [0.3, 0.4) is 0 Å². The van der Waals surface area contributed by atoms with Gasteiger partial charge < -0.3 is 25.2 Å². The van der Waals surface area contributed by atoms with Crippen LogP contribution in [0.25, 0.3) is 0 Å². The summed E-state index contributed by atoms with van der Waals surface area (Å²) in [5, 5.41) is 6.98. The molecule has 0 amide bonds. The van der Waals surface area contributed by atoms with Crippen molar-refractivity contribution in [1.82, 2.24) is 20.4 Å². The molecule has 2 aliphatic heterocycles. The summed E-state index contributed by atoms with van der Waals surface area (Å²) >= 11 is 0. The SMILES string of the molecule is CN=C(NCCN1CCCCC1)NCC1CCN(CCOC)CC1.I. The molecule has 0 spiro atoms. The smallest absolute Gasteiger partial charge is 0.191 e. The molecule has 0 saturated carbocycles. The van der Waals surface area contributed by atoms with E-state index in [2.05, 4.69) is 25.4 Å². The van der Waals surface area contributed by atoms with E-state index in [9.17, 15) is 0 Å². The zero-order valence-corrected chi connectivity index (χ0v) is 18.5. The Kier molecular flexibility index (Phi) is 12.8. The topological polar surface area (TPSA) is 52.1 Å². The molecule has 0 radical (unpaired) electrons. The molecule has 2 heterocycles. The standard InChI is InChI=1S/C18H37N5O.HI/c1-19-18(20-8-13-22-9-4-3-5-10-22)21-16-17-6-11-23(12-7-17)14-15-24-2;/h17H,3-16H2,1-2H3,(H2,19,20,21);1H. The molecule has 148 valence electrons. The maximum absolute atomic E-state index is 5.16. The zero-order valence-electron chi connectivity index (χ0n) is 16.1. The molecular weight excluding hydrogens is 429 g/mol. The van der Waals surface area contributed by atoms with Crippen LogP contribution in [0.1, 0.15) is 32.1 Å². The Morgan fingerprint density at radius 1 is 1.00 bits per heavy atom. The van der Waals surface area contributed by atoms with Gasteiger partial charge in [-0.25, -0.2) is 0 Å². The number of hydrogen-bond donors (Lipinski definition) is 2. The van der Waals surface area contributed by atoms with Crippen LogP contribution in [0, 0.1) is 5.92 Å². The van der Waals surface area contributed by atoms with Gasteiger partial charge in [0, 0.05) is 40.3 Å². The predicted molar refractivity (Wildman–Crippen MR) is 116 cm³/mol. The number of ether oxygens (including phenoxy) is 1. The maximum Gasteiger partial charge on any atom is 0.191 e. The Labute approximate surface area is 171 Å². The lowest BCUT2D eigenvalue weighted by Crippen LogP contribution is -2.45. The Morgan fingerprint density at radius 2 is 1.68 bits per heavy atom. The monoisotopic (exact) mass is 467 g/mol. The highest BCUT2D eigenvalue weighted by Crippen LogP contribution is 2.15. The maximum atomic E-state index is 5.16. The lowest BCUT2D eigenvalue weighted by atomic mass is 9.97. The average molecular weight is 467 g/mol. The highest BCUT2D eigenvalue weighted by Gasteiger charge is 2.19. The fourth-order valence-electron chi connectivity index (χ4n) is 3.61. The van der Waals surface area contributed by atoms with Crippen molar-refractivity contribution in [2.75, 3.05) is 73.1 Å². The van der Waals surface area contributed by atoms with Gasteiger partial charge in [0.1, 0.15) is 0 Å². The van der Waals surface area contributed by atoms with Gasteiger partial charge in [0.05, 0.1) is 6.61 Å². The summed E-state index contributed by atoms with van der Waals surface area (Å²) in [4.78, 5) is 9.42. The van der Waals surface area contributed by atoms with Gasteiger partial charge in [-0.2, -0.15) is 0 Å². The van der Waals surface area contributed by atoms with Crippen LogP contribution in [0.5, 0.6) is 0 Å². The molecular formula is C18H38IN5O. The van der Waals surface area contributed by atoms with Gasteiger partial charge in [-0.1, -0.05) is 6.42 Å². The van der Waals surface area contributed by atoms with Gasteiger partial charge in [0.2, 0.25) is 0 Å². The van der Waals surface area contributed by atoms with Crippen molar-refractivity contribution < 1.29 is 4.74 Å². The van der Waals surface area contributed by atoms with Crippen LogP contribution in [0.15, 0.2) is 4.99 Å². The molecule has 2 saturated heterocycles. The van der Waals surface area contributed by atoms with Crippen LogP contribution in [-0.2, 0) is 4.74 Å². The first-order valence-electron chi connectivity index (χ1n) is 9.70. The third kappa shape index (κ3) is 9.40. The van der Waals surface area contributed by atoms with E-state index in [0.29, 0.717) is 0 Å². The summed E-state index contributed by atoms with van der Waals surface area (Å²) in [5.41, 5.74) is 0. The van der Waals surface area contributed by atoms with Gasteiger partial charge in [0.25, 0.3) is 0 Å². The van der Waals surface area contributed by atoms with Crippen LogP contribution in [0.4, 0.5) is 0 Å². The van der Waals surface area contributed by atoms with Crippen molar-refractivity contribution in [1.29, 1.82) is 0 Å². The lowest BCUT2D eigenvalue weighted by molar-refractivity contribution is 0.121. The molecule has 2 fully saturated rings. The minimum absolute atomic E-state index is 0. The van der Waals surface area contributed by atoms with E-state index in [-0.39, 0.29) is 24.0 Å². The quantitative estimate of drug-likeness (QED) is 0.323. The molecule has 0 aromatic heterocycles. The number of nitrogens with zero attached hydrogens (tertiary/aromatic N) is 3.